The van der Waals surface area contributed by atoms with Gasteiger partial charge >= 0.3 is 6.18 Å². The maximum Gasteiger partial charge on any atom is 0.416 e. The lowest BCUT2D eigenvalue weighted by Crippen LogP contribution is -2.38. The van der Waals surface area contributed by atoms with E-state index in [2.05, 4.69) is 10.6 Å². The number of rotatable bonds is 3. The molecule has 1 atom stereocenters. The molecule has 0 spiro atoms. The van der Waals surface area contributed by atoms with Crippen LogP contribution in [0.4, 0.5) is 18.9 Å². The van der Waals surface area contributed by atoms with E-state index < -0.39 is 11.7 Å². The van der Waals surface area contributed by atoms with E-state index in [-0.39, 0.29) is 11.8 Å². The molecule has 2 N–H and O–H groups in total. The number of alkyl halides is 3. The van der Waals surface area contributed by atoms with Crippen LogP contribution in [0.15, 0.2) is 18.2 Å². The van der Waals surface area contributed by atoms with Crippen LogP contribution in [0.1, 0.15) is 18.4 Å². The first-order valence-corrected chi connectivity index (χ1v) is 6.23. The van der Waals surface area contributed by atoms with Crippen LogP contribution in [0, 0.1) is 0 Å². The molecule has 1 aliphatic heterocycles. The van der Waals surface area contributed by atoms with Crippen molar-refractivity contribution < 1.29 is 17.9 Å². The van der Waals surface area contributed by atoms with Crippen molar-refractivity contribution in [2.24, 2.45) is 0 Å². The molecule has 1 unspecified atom stereocenters. The van der Waals surface area contributed by atoms with Gasteiger partial charge in [-0.3, -0.25) is 0 Å². The van der Waals surface area contributed by atoms with E-state index in [1.54, 1.807) is 0 Å². The summed E-state index contributed by atoms with van der Waals surface area (Å²) in [5.74, 6) is 0.223. The smallest absolute Gasteiger partial charge is 0.416 e. The molecule has 2 rings (SSSR count). The van der Waals surface area contributed by atoms with Gasteiger partial charge in [0.05, 0.1) is 18.4 Å². The second-order valence-corrected chi connectivity index (χ2v) is 4.60. The molecule has 1 saturated heterocycles. The Balaban J connectivity index is 2.16. The molecule has 0 saturated carbocycles. The third-order valence-electron chi connectivity index (χ3n) is 3.19. The van der Waals surface area contributed by atoms with Crippen molar-refractivity contribution in [3.63, 3.8) is 0 Å². The highest BCUT2D eigenvalue weighted by Gasteiger charge is 2.31. The Morgan fingerprint density at radius 2 is 2.16 bits per heavy atom. The number of nitrogens with one attached hydrogen (secondary N) is 2. The van der Waals surface area contributed by atoms with Gasteiger partial charge in [0, 0.05) is 12.6 Å². The molecule has 0 amide bonds. The van der Waals surface area contributed by atoms with Gasteiger partial charge in [-0.2, -0.15) is 13.2 Å². The summed E-state index contributed by atoms with van der Waals surface area (Å²) in [6.45, 7) is 1.80. The Kier molecular flexibility index (Phi) is 4.19. The molecule has 0 aliphatic carbocycles. The zero-order valence-corrected chi connectivity index (χ0v) is 10.7. The first-order valence-electron chi connectivity index (χ1n) is 6.23. The Labute approximate surface area is 110 Å². The molecular weight excluding hydrogens is 257 g/mol. The van der Waals surface area contributed by atoms with Crippen LogP contribution in [0.25, 0.3) is 0 Å². The van der Waals surface area contributed by atoms with E-state index in [1.165, 1.54) is 13.2 Å². The fourth-order valence-corrected chi connectivity index (χ4v) is 2.18. The molecule has 1 heterocycles. The topological polar surface area (TPSA) is 33.3 Å². The first kappa shape index (κ1) is 14.0. The summed E-state index contributed by atoms with van der Waals surface area (Å²) in [5.41, 5.74) is -0.0964. The molecule has 0 aromatic heterocycles. The molecule has 19 heavy (non-hydrogen) atoms. The molecule has 1 aromatic carbocycles. The Morgan fingerprint density at radius 1 is 1.37 bits per heavy atom. The van der Waals surface area contributed by atoms with Gasteiger partial charge in [-0.25, -0.2) is 0 Å². The number of hydrogen-bond donors (Lipinski definition) is 2. The highest BCUT2D eigenvalue weighted by atomic mass is 19.4. The molecule has 0 radical (unpaired) electrons. The Morgan fingerprint density at radius 3 is 2.74 bits per heavy atom. The maximum absolute atomic E-state index is 12.6. The molecule has 6 heteroatoms. The van der Waals surface area contributed by atoms with E-state index in [1.807, 2.05) is 0 Å². The normalized spacial score (nSPS) is 20.1. The number of halogens is 3. The Hall–Kier alpha value is -1.43. The molecule has 1 aliphatic rings. The van der Waals surface area contributed by atoms with Gasteiger partial charge in [0.1, 0.15) is 5.75 Å². The van der Waals surface area contributed by atoms with E-state index in [0.717, 1.165) is 38.1 Å². The van der Waals surface area contributed by atoms with Crippen molar-refractivity contribution in [2.75, 3.05) is 25.5 Å². The zero-order chi connectivity index (χ0) is 13.9. The van der Waals surface area contributed by atoms with Crippen molar-refractivity contribution in [1.29, 1.82) is 0 Å². The highest BCUT2D eigenvalue weighted by Crippen LogP contribution is 2.35. The van der Waals surface area contributed by atoms with Crippen LogP contribution >= 0.6 is 0 Å². The monoisotopic (exact) mass is 274 g/mol. The van der Waals surface area contributed by atoms with Gasteiger partial charge in [0.15, 0.2) is 0 Å². The number of methoxy groups -OCH3 is 1. The Bertz CT molecular complexity index is 428. The van der Waals surface area contributed by atoms with Crippen molar-refractivity contribution in [1.82, 2.24) is 5.32 Å². The molecule has 0 bridgehead atoms. The second kappa shape index (κ2) is 5.69. The SMILES string of the molecule is COc1cc(C(F)(F)F)ccc1NC1CCCNC1. The average molecular weight is 274 g/mol. The lowest BCUT2D eigenvalue weighted by Gasteiger charge is -2.26. The summed E-state index contributed by atoms with van der Waals surface area (Å²) < 4.78 is 42.9. The number of benzene rings is 1. The highest BCUT2D eigenvalue weighted by molar-refractivity contribution is 5.58. The van der Waals surface area contributed by atoms with Gasteiger partial charge in [0.2, 0.25) is 0 Å². The lowest BCUT2D eigenvalue weighted by molar-refractivity contribution is -0.137. The van der Waals surface area contributed by atoms with Gasteiger partial charge in [-0.15, -0.1) is 0 Å². The maximum atomic E-state index is 12.6. The van der Waals surface area contributed by atoms with Crippen molar-refractivity contribution in [3.8, 4) is 5.75 Å². The third kappa shape index (κ3) is 3.53. The molecule has 1 aromatic rings. The minimum Gasteiger partial charge on any atom is -0.495 e. The van der Waals surface area contributed by atoms with Crippen molar-refractivity contribution in [2.45, 2.75) is 25.1 Å². The second-order valence-electron chi connectivity index (χ2n) is 4.60. The van der Waals surface area contributed by atoms with Crippen LogP contribution in [0.2, 0.25) is 0 Å². The summed E-state index contributed by atoms with van der Waals surface area (Å²) in [7, 11) is 1.37. The fourth-order valence-electron chi connectivity index (χ4n) is 2.18. The standard InChI is InChI=1S/C13H17F3N2O/c1-19-12-7-9(13(14,15)16)4-5-11(12)18-10-3-2-6-17-8-10/h4-5,7,10,17-18H,2-3,6,8H2,1H3. The molecule has 106 valence electrons. The van der Waals surface area contributed by atoms with Crippen LogP contribution in [0.3, 0.4) is 0 Å². The molecule has 1 fully saturated rings. The minimum atomic E-state index is -4.35. The van der Waals surface area contributed by atoms with E-state index >= 15 is 0 Å². The molecule has 3 nitrogen and oxygen atoms in total. The summed E-state index contributed by atoms with van der Waals surface area (Å²) in [4.78, 5) is 0. The number of piperidine rings is 1. The minimum absolute atomic E-state index is 0.222. The van der Waals surface area contributed by atoms with E-state index in [0.29, 0.717) is 5.69 Å². The lowest BCUT2D eigenvalue weighted by atomic mass is 10.1. The van der Waals surface area contributed by atoms with Crippen LogP contribution in [0.5, 0.6) is 5.75 Å². The third-order valence-corrected chi connectivity index (χ3v) is 3.19. The van der Waals surface area contributed by atoms with Gasteiger partial charge in [0.25, 0.3) is 0 Å². The van der Waals surface area contributed by atoms with Gasteiger partial charge in [-0.1, -0.05) is 0 Å². The van der Waals surface area contributed by atoms with Gasteiger partial charge in [-0.05, 0) is 37.6 Å². The predicted octanol–water partition coefficient (Wildman–Crippen LogP) is 2.88. The van der Waals surface area contributed by atoms with E-state index in [9.17, 15) is 13.2 Å². The number of ether oxygens (including phenoxy) is 1. The molecular formula is C13H17F3N2O. The van der Waals surface area contributed by atoms with Crippen LogP contribution < -0.4 is 15.4 Å². The number of anilines is 1. The van der Waals surface area contributed by atoms with Gasteiger partial charge < -0.3 is 15.4 Å². The van der Waals surface area contributed by atoms with Crippen LogP contribution in [-0.2, 0) is 6.18 Å². The van der Waals surface area contributed by atoms with E-state index in [4.69, 9.17) is 4.74 Å². The summed E-state index contributed by atoms with van der Waals surface area (Å²) >= 11 is 0. The fraction of sp³-hybridized carbons (Fsp3) is 0.538. The average Bonchev–Trinajstić information content (AvgIpc) is 2.39. The largest absolute Gasteiger partial charge is 0.495 e. The predicted molar refractivity (Wildman–Crippen MR) is 67.5 cm³/mol. The zero-order valence-electron chi connectivity index (χ0n) is 10.7. The summed E-state index contributed by atoms with van der Waals surface area (Å²) in [5, 5.41) is 6.47. The quantitative estimate of drug-likeness (QED) is 0.889. The van der Waals surface area contributed by atoms with Crippen molar-refractivity contribution >= 4 is 5.69 Å². The summed E-state index contributed by atoms with van der Waals surface area (Å²) in [6, 6.07) is 3.75. The summed E-state index contributed by atoms with van der Waals surface area (Å²) in [6.07, 6.45) is -2.30. The van der Waals surface area contributed by atoms with Crippen molar-refractivity contribution in [3.05, 3.63) is 23.8 Å². The first-order chi connectivity index (χ1) is 9.00. The number of hydrogen-bond acceptors (Lipinski definition) is 3. The van der Waals surface area contributed by atoms with Crippen LogP contribution in [-0.4, -0.2) is 26.2 Å².